The minimum absolute atomic E-state index is 0. The Balaban J connectivity index is 0.00000274. The summed E-state index contributed by atoms with van der Waals surface area (Å²) in [4.78, 5) is 26.0. The Labute approximate surface area is 215 Å². The van der Waals surface area contributed by atoms with E-state index in [2.05, 4.69) is 36.6 Å². The number of carbonyl (C=O) groups is 1. The van der Waals surface area contributed by atoms with Crippen LogP contribution in [-0.4, -0.2) is 52.5 Å². The van der Waals surface area contributed by atoms with Crippen molar-refractivity contribution >= 4 is 29.1 Å². The van der Waals surface area contributed by atoms with Crippen LogP contribution in [0.3, 0.4) is 0 Å². The second kappa shape index (κ2) is 11.1. The molecule has 2 fully saturated rings. The van der Waals surface area contributed by atoms with E-state index in [4.69, 9.17) is 4.98 Å². The molecule has 1 aliphatic heterocycles. The van der Waals surface area contributed by atoms with Crippen molar-refractivity contribution in [2.45, 2.75) is 56.4 Å². The summed E-state index contributed by atoms with van der Waals surface area (Å²) >= 11 is 0. The van der Waals surface area contributed by atoms with Gasteiger partial charge in [0, 0.05) is 45.4 Å². The quantitative estimate of drug-likeness (QED) is 0.373. The molecule has 4 heterocycles. The zero-order valence-corrected chi connectivity index (χ0v) is 22.6. The van der Waals surface area contributed by atoms with E-state index < -0.39 is 0 Å². The smallest absolute Gasteiger partial charge is 0.230 e. The zero-order valence-electron chi connectivity index (χ0n) is 19.7. The molecule has 34 heavy (non-hydrogen) atoms. The van der Waals surface area contributed by atoms with Gasteiger partial charge in [-0.05, 0) is 43.5 Å². The van der Waals surface area contributed by atoms with Gasteiger partial charge in [-0.3, -0.25) is 4.79 Å². The summed E-state index contributed by atoms with van der Waals surface area (Å²) in [6, 6.07) is 6.04. The summed E-state index contributed by atoms with van der Waals surface area (Å²) in [6.45, 7) is 2.69. The van der Waals surface area contributed by atoms with Crippen LogP contribution < -0.4 is 10.6 Å². The Morgan fingerprint density at radius 3 is 2.62 bits per heavy atom. The molecule has 0 amide bonds. The van der Waals surface area contributed by atoms with E-state index in [1.54, 1.807) is 6.20 Å². The number of nitrogens with zero attached hydrogens (tertiary/aromatic N) is 5. The SMILES string of the molecule is CNCC1(n2c(C=O)cc3cnc(Nc4ccc(C5CC[N-]CC5)cn4)nc32)CCCCC1.[W]. The monoisotopic (exact) mass is 630 g/mol. The summed E-state index contributed by atoms with van der Waals surface area (Å²) in [5.74, 6) is 1.75. The first kappa shape index (κ1) is 25.0. The molecule has 8 nitrogen and oxygen atoms in total. The molecule has 2 N–H and O–H groups in total. The molecule has 0 spiro atoms. The van der Waals surface area contributed by atoms with Crippen LogP contribution in [0.15, 0.2) is 30.6 Å². The molecule has 0 atom stereocenters. The van der Waals surface area contributed by atoms with Crippen molar-refractivity contribution in [3.8, 4) is 0 Å². The van der Waals surface area contributed by atoms with Crippen molar-refractivity contribution in [3.63, 3.8) is 0 Å². The number of aromatic nitrogens is 4. The summed E-state index contributed by atoms with van der Waals surface area (Å²) in [5.41, 5.74) is 2.58. The molecule has 1 saturated heterocycles. The van der Waals surface area contributed by atoms with Crippen molar-refractivity contribution in [3.05, 3.63) is 47.2 Å². The third-order valence-corrected chi connectivity index (χ3v) is 7.22. The predicted octanol–water partition coefficient (Wildman–Crippen LogP) is 4.51. The fraction of sp³-hybridized carbons (Fsp3) is 0.520. The van der Waals surface area contributed by atoms with E-state index in [0.717, 1.165) is 81.3 Å². The molecule has 5 rings (SSSR count). The Morgan fingerprint density at radius 1 is 1.15 bits per heavy atom. The molecule has 180 valence electrons. The summed E-state index contributed by atoms with van der Waals surface area (Å²) < 4.78 is 2.16. The number of rotatable bonds is 7. The fourth-order valence-corrected chi connectivity index (χ4v) is 5.59. The van der Waals surface area contributed by atoms with Gasteiger partial charge in [0.25, 0.3) is 0 Å². The Kier molecular flexibility index (Phi) is 8.12. The van der Waals surface area contributed by atoms with Gasteiger partial charge in [0.1, 0.15) is 11.5 Å². The first-order valence-electron chi connectivity index (χ1n) is 12.1. The molecule has 0 aromatic carbocycles. The average Bonchev–Trinajstić information content (AvgIpc) is 3.24. The number of anilines is 2. The van der Waals surface area contributed by atoms with Gasteiger partial charge in [0.15, 0.2) is 6.29 Å². The first-order valence-corrected chi connectivity index (χ1v) is 12.1. The van der Waals surface area contributed by atoms with Gasteiger partial charge in [0.2, 0.25) is 5.95 Å². The minimum atomic E-state index is -0.150. The number of pyridine rings is 1. The maximum Gasteiger partial charge on any atom is 0.230 e. The standard InChI is InChI=1S/C25H32N7O.W/c1-26-17-25(9-3-2-4-10-25)32-21(16-33)13-20-15-29-24(31-23(20)32)30-22-6-5-19(14-28-22)18-7-11-27-12-8-18;/h5-6,13-16,18,26H,2-4,7-12,17H2,1H3,(H,28,29,30,31);/q-1;. The number of hydrogen-bond donors (Lipinski definition) is 2. The number of piperidine rings is 1. The van der Waals surface area contributed by atoms with Gasteiger partial charge in [-0.15, -0.1) is 13.1 Å². The first-order chi connectivity index (χ1) is 16.2. The van der Waals surface area contributed by atoms with E-state index in [9.17, 15) is 4.79 Å². The van der Waals surface area contributed by atoms with Crippen molar-refractivity contribution in [1.82, 2.24) is 24.8 Å². The van der Waals surface area contributed by atoms with Crippen LogP contribution in [0.25, 0.3) is 16.4 Å². The zero-order chi connectivity index (χ0) is 22.7. The molecule has 3 aromatic heterocycles. The van der Waals surface area contributed by atoms with Crippen molar-refractivity contribution in [2.75, 3.05) is 32.0 Å². The molecular weight excluding hydrogens is 598 g/mol. The summed E-state index contributed by atoms with van der Waals surface area (Å²) in [6.07, 6.45) is 12.5. The van der Waals surface area contributed by atoms with Gasteiger partial charge in [-0.25, -0.2) is 9.97 Å². The van der Waals surface area contributed by atoms with Crippen molar-refractivity contribution in [2.24, 2.45) is 0 Å². The van der Waals surface area contributed by atoms with E-state index >= 15 is 0 Å². The van der Waals surface area contributed by atoms with Gasteiger partial charge in [-0.1, -0.05) is 38.2 Å². The fourth-order valence-electron chi connectivity index (χ4n) is 5.59. The molecular formula is C25H32N7OW-. The van der Waals surface area contributed by atoms with Crippen LogP contribution in [0, 0.1) is 0 Å². The van der Waals surface area contributed by atoms with Crippen molar-refractivity contribution < 1.29 is 25.9 Å². The average molecular weight is 630 g/mol. The molecule has 0 unspecified atom stereocenters. The third-order valence-electron chi connectivity index (χ3n) is 7.22. The van der Waals surface area contributed by atoms with Gasteiger partial charge >= 0.3 is 0 Å². The molecule has 1 saturated carbocycles. The molecule has 1 aliphatic carbocycles. The van der Waals surface area contributed by atoms with Crippen LogP contribution in [-0.2, 0) is 26.6 Å². The number of fused-ring (bicyclic) bond motifs is 1. The van der Waals surface area contributed by atoms with E-state index in [-0.39, 0.29) is 26.6 Å². The molecule has 0 bridgehead atoms. The van der Waals surface area contributed by atoms with Gasteiger partial charge < -0.3 is 20.5 Å². The molecule has 3 aromatic rings. The van der Waals surface area contributed by atoms with E-state index in [1.165, 1.54) is 12.0 Å². The van der Waals surface area contributed by atoms with Crippen LogP contribution in [0.5, 0.6) is 0 Å². The second-order valence-electron chi connectivity index (χ2n) is 9.36. The largest absolute Gasteiger partial charge is 0.662 e. The molecule has 0 radical (unpaired) electrons. The topological polar surface area (TPSA) is 98.8 Å². The maximum absolute atomic E-state index is 12.0. The van der Waals surface area contributed by atoms with Crippen LogP contribution in [0.1, 0.15) is 66.9 Å². The normalized spacial score (nSPS) is 18.4. The predicted molar refractivity (Wildman–Crippen MR) is 130 cm³/mol. The maximum atomic E-state index is 12.0. The Morgan fingerprint density at radius 2 is 1.94 bits per heavy atom. The van der Waals surface area contributed by atoms with Crippen LogP contribution in [0.4, 0.5) is 11.8 Å². The number of likely N-dealkylation sites (N-methyl/N-ethyl adjacent to an activating group) is 1. The number of carbonyl (C=O) groups excluding carboxylic acids is 1. The Bertz CT molecular complexity index is 1100. The molecule has 2 aliphatic rings. The van der Waals surface area contributed by atoms with Crippen LogP contribution in [0.2, 0.25) is 0 Å². The minimum Gasteiger partial charge on any atom is -0.662 e. The second-order valence-corrected chi connectivity index (χ2v) is 9.36. The number of hydrogen-bond acceptors (Lipinski definition) is 6. The molecule has 9 heteroatoms. The summed E-state index contributed by atoms with van der Waals surface area (Å²) in [7, 11) is 1.97. The number of aldehydes is 1. The van der Waals surface area contributed by atoms with Crippen molar-refractivity contribution in [1.29, 1.82) is 0 Å². The van der Waals surface area contributed by atoms with E-state index in [0.29, 0.717) is 17.6 Å². The van der Waals surface area contributed by atoms with Crippen LogP contribution >= 0.6 is 0 Å². The van der Waals surface area contributed by atoms with E-state index in [1.807, 2.05) is 25.4 Å². The third kappa shape index (κ3) is 4.95. The van der Waals surface area contributed by atoms with Gasteiger partial charge in [0.05, 0.1) is 11.2 Å². The van der Waals surface area contributed by atoms with Gasteiger partial charge in [-0.2, -0.15) is 4.98 Å². The Hall–Kier alpha value is -2.15. The number of nitrogens with one attached hydrogen (secondary N) is 2. The summed E-state index contributed by atoms with van der Waals surface area (Å²) in [5, 5.41) is 11.9.